The Hall–Kier alpha value is -1.89. The average Bonchev–Trinajstić information content (AvgIpc) is 3.23. The highest BCUT2D eigenvalue weighted by atomic mass is 32.2. The van der Waals surface area contributed by atoms with Gasteiger partial charge in [-0.05, 0) is 18.9 Å². The zero-order valence-corrected chi connectivity index (χ0v) is 13.5. The minimum absolute atomic E-state index is 0.162. The van der Waals surface area contributed by atoms with Gasteiger partial charge in [-0.2, -0.15) is 0 Å². The Morgan fingerprint density at radius 3 is 2.91 bits per heavy atom. The molecule has 1 fully saturated rings. The maximum atomic E-state index is 13.5. The first kappa shape index (κ1) is 16.0. The molecule has 0 spiro atoms. The molecule has 2 N–H and O–H groups in total. The summed E-state index contributed by atoms with van der Waals surface area (Å²) in [6, 6.07) is 6.42. The number of hydrogen-bond acceptors (Lipinski definition) is 4. The minimum Gasteiger partial charge on any atom is -0.351 e. The number of benzene rings is 1. The number of aromatic nitrogens is 3. The van der Waals surface area contributed by atoms with Crippen molar-refractivity contribution in [3.8, 4) is 0 Å². The zero-order chi connectivity index (χ0) is 16.1. The predicted molar refractivity (Wildman–Crippen MR) is 86.6 cm³/mol. The largest absolute Gasteiger partial charge is 0.351 e. The van der Waals surface area contributed by atoms with Crippen molar-refractivity contribution < 1.29 is 9.18 Å². The predicted octanol–water partition coefficient (Wildman–Crippen LogP) is 3.01. The molecule has 0 unspecified atom stereocenters. The molecule has 1 aliphatic rings. The molecular weight excluding hydrogens is 315 g/mol. The van der Waals surface area contributed by atoms with Crippen LogP contribution in [0.1, 0.15) is 43.0 Å². The van der Waals surface area contributed by atoms with E-state index in [1.807, 2.05) is 0 Å². The van der Waals surface area contributed by atoms with E-state index in [9.17, 15) is 9.18 Å². The van der Waals surface area contributed by atoms with E-state index in [2.05, 4.69) is 20.5 Å². The number of halogens is 1. The van der Waals surface area contributed by atoms with E-state index < -0.39 is 0 Å². The number of nitrogens with one attached hydrogen (secondary N) is 2. The average molecular weight is 334 g/mol. The SMILES string of the molecule is O=C(CSc1n[nH]c(C2CCCC2)n1)NCc1ccccc1F. The first-order chi connectivity index (χ1) is 11.2. The van der Waals surface area contributed by atoms with Crippen LogP contribution in [0.4, 0.5) is 4.39 Å². The Morgan fingerprint density at radius 2 is 2.13 bits per heavy atom. The third kappa shape index (κ3) is 4.31. The maximum absolute atomic E-state index is 13.5. The third-order valence-electron chi connectivity index (χ3n) is 3.99. The molecule has 0 bridgehead atoms. The smallest absolute Gasteiger partial charge is 0.230 e. The van der Waals surface area contributed by atoms with Crippen molar-refractivity contribution in [2.24, 2.45) is 0 Å². The van der Waals surface area contributed by atoms with Crippen LogP contribution in [-0.4, -0.2) is 26.8 Å². The number of carbonyl (C=O) groups excluding carboxylic acids is 1. The molecule has 0 radical (unpaired) electrons. The second kappa shape index (κ2) is 7.59. The first-order valence-corrected chi connectivity index (χ1v) is 8.76. The summed E-state index contributed by atoms with van der Waals surface area (Å²) >= 11 is 1.29. The van der Waals surface area contributed by atoms with Crippen LogP contribution in [0.2, 0.25) is 0 Å². The fourth-order valence-corrected chi connectivity index (χ4v) is 3.36. The molecule has 1 heterocycles. The summed E-state index contributed by atoms with van der Waals surface area (Å²) in [7, 11) is 0. The number of aromatic amines is 1. The Morgan fingerprint density at radius 1 is 1.35 bits per heavy atom. The van der Waals surface area contributed by atoms with Crippen molar-refractivity contribution in [3.63, 3.8) is 0 Å². The van der Waals surface area contributed by atoms with Gasteiger partial charge in [0.25, 0.3) is 0 Å². The summed E-state index contributed by atoms with van der Waals surface area (Å²) in [6.07, 6.45) is 4.80. The second-order valence-electron chi connectivity index (χ2n) is 5.64. The topological polar surface area (TPSA) is 70.7 Å². The van der Waals surface area contributed by atoms with Crippen molar-refractivity contribution in [3.05, 3.63) is 41.5 Å². The number of H-pyrrole nitrogens is 1. The maximum Gasteiger partial charge on any atom is 0.230 e. The second-order valence-corrected chi connectivity index (χ2v) is 6.58. The molecule has 1 aromatic heterocycles. The van der Waals surface area contributed by atoms with Crippen molar-refractivity contribution in [1.82, 2.24) is 20.5 Å². The molecule has 1 amide bonds. The monoisotopic (exact) mass is 334 g/mol. The lowest BCUT2D eigenvalue weighted by Gasteiger charge is -2.05. The van der Waals surface area contributed by atoms with Gasteiger partial charge in [0.1, 0.15) is 11.6 Å². The number of amides is 1. The van der Waals surface area contributed by atoms with Crippen molar-refractivity contribution in [2.75, 3.05) is 5.75 Å². The lowest BCUT2D eigenvalue weighted by molar-refractivity contribution is -0.118. The van der Waals surface area contributed by atoms with Crippen LogP contribution < -0.4 is 5.32 Å². The Kier molecular flexibility index (Phi) is 5.27. The van der Waals surface area contributed by atoms with E-state index in [4.69, 9.17) is 0 Å². The molecule has 1 aromatic carbocycles. The van der Waals surface area contributed by atoms with Crippen LogP contribution in [0.25, 0.3) is 0 Å². The van der Waals surface area contributed by atoms with Gasteiger partial charge in [0.15, 0.2) is 0 Å². The number of carbonyl (C=O) groups is 1. The summed E-state index contributed by atoms with van der Waals surface area (Å²) in [5.74, 6) is 1.15. The lowest BCUT2D eigenvalue weighted by atomic mass is 10.1. The summed E-state index contributed by atoms with van der Waals surface area (Å²) < 4.78 is 13.5. The van der Waals surface area contributed by atoms with Gasteiger partial charge >= 0.3 is 0 Å². The summed E-state index contributed by atoms with van der Waals surface area (Å²) in [5, 5.41) is 10.4. The van der Waals surface area contributed by atoms with Crippen molar-refractivity contribution >= 4 is 17.7 Å². The molecule has 1 saturated carbocycles. The highest BCUT2D eigenvalue weighted by molar-refractivity contribution is 7.99. The number of nitrogens with zero attached hydrogens (tertiary/aromatic N) is 2. The Bertz CT molecular complexity index is 670. The van der Waals surface area contributed by atoms with Gasteiger partial charge in [0, 0.05) is 18.0 Å². The van der Waals surface area contributed by atoms with Gasteiger partial charge in [-0.3, -0.25) is 9.89 Å². The molecule has 7 heteroatoms. The highest BCUT2D eigenvalue weighted by Crippen LogP contribution is 2.32. The number of hydrogen-bond donors (Lipinski definition) is 2. The van der Waals surface area contributed by atoms with Crippen LogP contribution in [0, 0.1) is 5.82 Å². The lowest BCUT2D eigenvalue weighted by Crippen LogP contribution is -2.25. The number of thioether (sulfide) groups is 1. The molecule has 3 rings (SSSR count). The molecule has 0 atom stereocenters. The molecule has 1 aliphatic carbocycles. The molecular formula is C16H19FN4OS. The molecule has 0 aliphatic heterocycles. The molecule has 5 nitrogen and oxygen atoms in total. The van der Waals surface area contributed by atoms with E-state index in [0.29, 0.717) is 16.6 Å². The van der Waals surface area contributed by atoms with Crippen molar-refractivity contribution in [1.29, 1.82) is 0 Å². The molecule has 122 valence electrons. The quantitative estimate of drug-likeness (QED) is 0.797. The van der Waals surface area contributed by atoms with Crippen LogP contribution in [0.15, 0.2) is 29.4 Å². The number of rotatable bonds is 6. The van der Waals surface area contributed by atoms with Crippen LogP contribution in [0.3, 0.4) is 0 Å². The van der Waals surface area contributed by atoms with Gasteiger partial charge in [0.2, 0.25) is 11.1 Å². The molecule has 0 saturated heterocycles. The van der Waals surface area contributed by atoms with E-state index in [1.165, 1.54) is 30.7 Å². The van der Waals surface area contributed by atoms with Gasteiger partial charge in [0.05, 0.1) is 5.75 Å². The molecule has 23 heavy (non-hydrogen) atoms. The third-order valence-corrected chi connectivity index (χ3v) is 4.84. The van der Waals surface area contributed by atoms with E-state index in [0.717, 1.165) is 18.7 Å². The summed E-state index contributed by atoms with van der Waals surface area (Å²) in [6.45, 7) is 0.188. The first-order valence-electron chi connectivity index (χ1n) is 7.77. The highest BCUT2D eigenvalue weighted by Gasteiger charge is 2.20. The summed E-state index contributed by atoms with van der Waals surface area (Å²) in [4.78, 5) is 16.3. The van der Waals surface area contributed by atoms with Gasteiger partial charge < -0.3 is 5.32 Å². The van der Waals surface area contributed by atoms with Crippen molar-refractivity contribution in [2.45, 2.75) is 43.3 Å². The van der Waals surface area contributed by atoms with E-state index in [1.54, 1.807) is 18.2 Å². The Labute approximate surface area is 138 Å². The minimum atomic E-state index is -0.310. The normalized spacial score (nSPS) is 15.0. The summed E-state index contributed by atoms with van der Waals surface area (Å²) in [5.41, 5.74) is 0.479. The van der Waals surface area contributed by atoms with Crippen LogP contribution >= 0.6 is 11.8 Å². The van der Waals surface area contributed by atoms with Gasteiger partial charge in [-0.1, -0.05) is 42.8 Å². The van der Waals surface area contributed by atoms with Gasteiger partial charge in [-0.25, -0.2) is 9.37 Å². The van der Waals surface area contributed by atoms with Crippen LogP contribution in [-0.2, 0) is 11.3 Å². The fraction of sp³-hybridized carbons (Fsp3) is 0.438. The van der Waals surface area contributed by atoms with Gasteiger partial charge in [-0.15, -0.1) is 5.10 Å². The molecule has 2 aromatic rings. The van der Waals surface area contributed by atoms with Crippen LogP contribution in [0.5, 0.6) is 0 Å². The zero-order valence-electron chi connectivity index (χ0n) is 12.7. The van der Waals surface area contributed by atoms with E-state index >= 15 is 0 Å². The Balaban J connectivity index is 1.45. The van der Waals surface area contributed by atoms with E-state index in [-0.39, 0.29) is 24.0 Å². The standard InChI is InChI=1S/C16H19FN4OS/c17-13-8-4-3-7-12(13)9-18-14(22)10-23-16-19-15(20-21-16)11-5-1-2-6-11/h3-4,7-8,11H,1-2,5-6,9-10H2,(H,18,22)(H,19,20,21). The fourth-order valence-electron chi connectivity index (χ4n) is 2.72.